The second-order valence-corrected chi connectivity index (χ2v) is 5.61. The average molecular weight is 291 g/mol. The molecule has 2 N–H and O–H groups in total. The Morgan fingerprint density at radius 1 is 1.24 bits per heavy atom. The fourth-order valence-corrected chi connectivity index (χ4v) is 3.24. The molecule has 3 rings (SSSR count). The maximum atomic E-state index is 10.7. The van der Waals surface area contributed by atoms with Crippen LogP contribution in [0.5, 0.6) is 11.5 Å². The van der Waals surface area contributed by atoms with Crippen LogP contribution in [0.3, 0.4) is 0 Å². The predicted molar refractivity (Wildman–Crippen MR) is 79.3 cm³/mol. The Bertz CT molecular complexity index is 571. The summed E-state index contributed by atoms with van der Waals surface area (Å²) < 4.78 is 10.5. The molecule has 114 valence electrons. The van der Waals surface area contributed by atoms with Gasteiger partial charge in [0, 0.05) is 13.1 Å². The quantitative estimate of drug-likeness (QED) is 0.877. The second-order valence-electron chi connectivity index (χ2n) is 5.61. The van der Waals surface area contributed by atoms with Gasteiger partial charge in [-0.3, -0.25) is 4.90 Å². The van der Waals surface area contributed by atoms with Gasteiger partial charge < -0.3 is 19.7 Å². The lowest BCUT2D eigenvalue weighted by atomic mass is 9.92. The molecule has 5 nitrogen and oxygen atoms in total. The van der Waals surface area contributed by atoms with Crippen LogP contribution in [0.15, 0.2) is 24.3 Å². The van der Waals surface area contributed by atoms with Gasteiger partial charge in [-0.25, -0.2) is 0 Å². The van der Waals surface area contributed by atoms with E-state index in [1.807, 2.05) is 23.1 Å². The van der Waals surface area contributed by atoms with E-state index >= 15 is 0 Å². The number of hydrogen-bond acceptors (Lipinski definition) is 5. The normalized spacial score (nSPS) is 29.0. The van der Waals surface area contributed by atoms with E-state index in [2.05, 4.69) is 0 Å². The molecule has 1 aromatic carbocycles. The van der Waals surface area contributed by atoms with Crippen molar-refractivity contribution >= 4 is 5.57 Å². The molecule has 0 aliphatic carbocycles. The number of benzene rings is 1. The summed E-state index contributed by atoms with van der Waals surface area (Å²) in [6, 6.07) is 5.53. The lowest BCUT2D eigenvalue weighted by molar-refractivity contribution is -0.0574. The molecule has 1 saturated heterocycles. The van der Waals surface area contributed by atoms with Crippen molar-refractivity contribution in [3.63, 3.8) is 0 Å². The molecule has 1 aromatic rings. The van der Waals surface area contributed by atoms with Crippen molar-refractivity contribution < 1.29 is 19.7 Å². The Morgan fingerprint density at radius 3 is 2.71 bits per heavy atom. The number of nitrogens with zero attached hydrogens (tertiary/aromatic N) is 1. The minimum absolute atomic E-state index is 0.455. The van der Waals surface area contributed by atoms with Crippen LogP contribution in [-0.4, -0.2) is 54.3 Å². The smallest absolute Gasteiger partial charge is 0.161 e. The third-order valence-corrected chi connectivity index (χ3v) is 4.38. The standard InChI is InChI=1S/C16H21NO4/c1-20-14-5-4-11(8-15(14)21-2)12-9-16(19)6-3-7-17(16)10-13(12)18/h4-5,8-9,13,18-19H,3,6-7,10H2,1-2H3. The van der Waals surface area contributed by atoms with Gasteiger partial charge >= 0.3 is 0 Å². The molecule has 0 saturated carbocycles. The molecular formula is C16H21NO4. The van der Waals surface area contributed by atoms with E-state index in [0.717, 1.165) is 24.1 Å². The first-order valence-corrected chi connectivity index (χ1v) is 7.18. The maximum absolute atomic E-state index is 10.7. The highest BCUT2D eigenvalue weighted by Gasteiger charge is 2.42. The number of rotatable bonds is 3. The first kappa shape index (κ1) is 14.4. The number of methoxy groups -OCH3 is 2. The average Bonchev–Trinajstić information content (AvgIpc) is 2.86. The monoisotopic (exact) mass is 291 g/mol. The van der Waals surface area contributed by atoms with Gasteiger partial charge in [0.25, 0.3) is 0 Å². The summed E-state index contributed by atoms with van der Waals surface area (Å²) in [4.78, 5) is 1.93. The predicted octanol–water partition coefficient (Wildman–Crippen LogP) is 1.25. The Labute approximate surface area is 124 Å². The zero-order valence-corrected chi connectivity index (χ0v) is 12.4. The molecule has 2 aliphatic heterocycles. The van der Waals surface area contributed by atoms with E-state index in [0.29, 0.717) is 24.5 Å². The Morgan fingerprint density at radius 2 is 2.00 bits per heavy atom. The Balaban J connectivity index is 2.01. The third kappa shape index (κ3) is 2.41. The molecule has 21 heavy (non-hydrogen) atoms. The van der Waals surface area contributed by atoms with Crippen molar-refractivity contribution in [2.24, 2.45) is 0 Å². The van der Waals surface area contributed by atoms with Crippen LogP contribution in [0.25, 0.3) is 5.57 Å². The van der Waals surface area contributed by atoms with Crippen molar-refractivity contribution in [1.82, 2.24) is 4.90 Å². The molecule has 2 aliphatic rings. The molecule has 0 spiro atoms. The zero-order chi connectivity index (χ0) is 15.0. The van der Waals surface area contributed by atoms with Crippen molar-refractivity contribution in [3.8, 4) is 11.5 Å². The highest BCUT2D eigenvalue weighted by molar-refractivity contribution is 5.73. The van der Waals surface area contributed by atoms with Gasteiger partial charge in [-0.2, -0.15) is 0 Å². The van der Waals surface area contributed by atoms with Gasteiger partial charge in [0.05, 0.1) is 20.3 Å². The van der Waals surface area contributed by atoms with E-state index in [-0.39, 0.29) is 0 Å². The summed E-state index contributed by atoms with van der Waals surface area (Å²) in [6.45, 7) is 1.28. The van der Waals surface area contributed by atoms with E-state index in [1.165, 1.54) is 0 Å². The summed E-state index contributed by atoms with van der Waals surface area (Å²) in [5, 5.41) is 21.1. The fraction of sp³-hybridized carbons (Fsp3) is 0.500. The van der Waals surface area contributed by atoms with Crippen molar-refractivity contribution in [1.29, 1.82) is 0 Å². The van der Waals surface area contributed by atoms with Crippen LogP contribution >= 0.6 is 0 Å². The van der Waals surface area contributed by atoms with Gasteiger partial charge in [0.2, 0.25) is 0 Å². The van der Waals surface area contributed by atoms with E-state index < -0.39 is 11.8 Å². The lowest BCUT2D eigenvalue weighted by Gasteiger charge is -2.38. The van der Waals surface area contributed by atoms with Crippen LogP contribution in [0.4, 0.5) is 0 Å². The molecule has 2 atom stereocenters. The van der Waals surface area contributed by atoms with Crippen LogP contribution in [0.1, 0.15) is 18.4 Å². The van der Waals surface area contributed by atoms with Crippen LogP contribution in [-0.2, 0) is 0 Å². The SMILES string of the molecule is COc1ccc(C2=CC3(O)CCCN3CC2O)cc1OC. The summed E-state index contributed by atoms with van der Waals surface area (Å²) >= 11 is 0. The molecule has 0 radical (unpaired) electrons. The minimum atomic E-state index is -0.929. The van der Waals surface area contributed by atoms with Crippen LogP contribution in [0, 0.1) is 0 Å². The summed E-state index contributed by atoms with van der Waals surface area (Å²) in [7, 11) is 3.17. The Kier molecular flexibility index (Phi) is 3.65. The number of aliphatic hydroxyl groups excluding tert-OH is 1. The Hall–Kier alpha value is -1.56. The van der Waals surface area contributed by atoms with Gasteiger partial charge in [-0.15, -0.1) is 0 Å². The van der Waals surface area contributed by atoms with Crippen molar-refractivity contribution in [2.75, 3.05) is 27.3 Å². The van der Waals surface area contributed by atoms with Gasteiger partial charge in [-0.1, -0.05) is 6.07 Å². The first-order chi connectivity index (χ1) is 10.1. The number of fused-ring (bicyclic) bond motifs is 1. The molecule has 2 unspecified atom stereocenters. The molecular weight excluding hydrogens is 270 g/mol. The summed E-state index contributed by atoms with van der Waals surface area (Å²) in [6.07, 6.45) is 2.83. The van der Waals surface area contributed by atoms with Crippen molar-refractivity contribution in [2.45, 2.75) is 24.7 Å². The summed E-state index contributed by atoms with van der Waals surface area (Å²) in [5.74, 6) is 1.26. The maximum Gasteiger partial charge on any atom is 0.161 e. The number of hydrogen-bond donors (Lipinski definition) is 2. The molecule has 5 heteroatoms. The highest BCUT2D eigenvalue weighted by atomic mass is 16.5. The topological polar surface area (TPSA) is 62.2 Å². The van der Waals surface area contributed by atoms with E-state index in [9.17, 15) is 10.2 Å². The lowest BCUT2D eigenvalue weighted by Crippen LogP contribution is -2.49. The number of ether oxygens (including phenoxy) is 2. The molecule has 0 aromatic heterocycles. The molecule has 2 heterocycles. The van der Waals surface area contributed by atoms with E-state index in [1.54, 1.807) is 20.3 Å². The fourth-order valence-electron chi connectivity index (χ4n) is 3.24. The van der Waals surface area contributed by atoms with Gasteiger partial charge in [0.15, 0.2) is 11.5 Å². The highest BCUT2D eigenvalue weighted by Crippen LogP contribution is 2.39. The first-order valence-electron chi connectivity index (χ1n) is 7.18. The molecule has 1 fully saturated rings. The van der Waals surface area contributed by atoms with Crippen LogP contribution in [0.2, 0.25) is 0 Å². The van der Waals surface area contributed by atoms with Gasteiger partial charge in [-0.05, 0) is 42.2 Å². The zero-order valence-electron chi connectivity index (χ0n) is 12.4. The van der Waals surface area contributed by atoms with Gasteiger partial charge in [0.1, 0.15) is 5.72 Å². The van der Waals surface area contributed by atoms with Crippen LogP contribution < -0.4 is 9.47 Å². The molecule has 0 bridgehead atoms. The second kappa shape index (κ2) is 5.33. The molecule has 0 amide bonds. The summed E-state index contributed by atoms with van der Waals surface area (Å²) in [5.41, 5.74) is 0.665. The largest absolute Gasteiger partial charge is 0.493 e. The minimum Gasteiger partial charge on any atom is -0.493 e. The third-order valence-electron chi connectivity index (χ3n) is 4.38. The number of aliphatic hydroxyl groups is 2. The van der Waals surface area contributed by atoms with Crippen molar-refractivity contribution in [3.05, 3.63) is 29.8 Å². The van der Waals surface area contributed by atoms with E-state index in [4.69, 9.17) is 9.47 Å².